The van der Waals surface area contributed by atoms with Gasteiger partial charge in [0, 0.05) is 24.8 Å². The zero-order valence-electron chi connectivity index (χ0n) is 16.0. The first kappa shape index (κ1) is 17.5. The summed E-state index contributed by atoms with van der Waals surface area (Å²) in [5, 5.41) is 0.755. The van der Waals surface area contributed by atoms with Crippen molar-refractivity contribution < 1.29 is 0 Å². The highest BCUT2D eigenvalue weighted by molar-refractivity contribution is 6.30. The van der Waals surface area contributed by atoms with E-state index in [0.29, 0.717) is 12.1 Å². The Bertz CT molecular complexity index is 1010. The summed E-state index contributed by atoms with van der Waals surface area (Å²) >= 11 is 6.10. The van der Waals surface area contributed by atoms with Crippen LogP contribution in [0.2, 0.25) is 5.02 Å². The summed E-state index contributed by atoms with van der Waals surface area (Å²) in [7, 11) is 4.13. The molecule has 2 heterocycles. The Hall–Kier alpha value is -2.62. The van der Waals surface area contributed by atoms with Gasteiger partial charge in [0.05, 0.1) is 17.8 Å². The molecule has 28 heavy (non-hydrogen) atoms. The monoisotopic (exact) mass is 387 g/mol. The van der Waals surface area contributed by atoms with Crippen LogP contribution < -0.4 is 4.90 Å². The predicted octanol–water partition coefficient (Wildman–Crippen LogP) is 5.33. The average molecular weight is 388 g/mol. The van der Waals surface area contributed by atoms with Gasteiger partial charge in [-0.1, -0.05) is 66.2 Å². The lowest BCUT2D eigenvalue weighted by Crippen LogP contribution is -2.10. The summed E-state index contributed by atoms with van der Waals surface area (Å²) in [6.07, 6.45) is 0.0529. The number of rotatable bonds is 4. The first-order chi connectivity index (χ1) is 13.6. The predicted molar refractivity (Wildman–Crippen MR) is 116 cm³/mol. The van der Waals surface area contributed by atoms with Gasteiger partial charge < -0.3 is 4.90 Å². The SMILES string of the molecule is CN(C)c1ccc([C@@H]2N=C(c3ccc(Cl)cc3)[C@H]3[C@@H](c4ccccc4)N23)cc1. The summed E-state index contributed by atoms with van der Waals surface area (Å²) in [4.78, 5) is 9.75. The van der Waals surface area contributed by atoms with E-state index in [-0.39, 0.29) is 6.17 Å². The van der Waals surface area contributed by atoms with Gasteiger partial charge in [0.1, 0.15) is 6.17 Å². The molecular formula is C24H22ClN3. The fourth-order valence-electron chi connectivity index (χ4n) is 4.18. The van der Waals surface area contributed by atoms with Gasteiger partial charge >= 0.3 is 0 Å². The van der Waals surface area contributed by atoms with Crippen molar-refractivity contribution in [1.29, 1.82) is 0 Å². The van der Waals surface area contributed by atoms with E-state index in [1.165, 1.54) is 16.8 Å². The molecule has 1 saturated heterocycles. The van der Waals surface area contributed by atoms with Gasteiger partial charge in [-0.25, -0.2) is 0 Å². The molecule has 3 aromatic carbocycles. The summed E-state index contributed by atoms with van der Waals surface area (Å²) in [5.41, 5.74) is 6.10. The van der Waals surface area contributed by atoms with Gasteiger partial charge in [0.15, 0.2) is 0 Å². The van der Waals surface area contributed by atoms with Gasteiger partial charge in [-0.3, -0.25) is 9.89 Å². The number of fused-ring (bicyclic) bond motifs is 1. The zero-order valence-corrected chi connectivity index (χ0v) is 16.7. The second-order valence-corrected chi connectivity index (χ2v) is 8.06. The van der Waals surface area contributed by atoms with E-state index in [1.54, 1.807) is 0 Å². The second kappa shape index (κ2) is 6.77. The highest BCUT2D eigenvalue weighted by Crippen LogP contribution is 2.55. The highest BCUT2D eigenvalue weighted by Gasteiger charge is 2.59. The van der Waals surface area contributed by atoms with E-state index < -0.39 is 0 Å². The molecule has 0 bridgehead atoms. The van der Waals surface area contributed by atoms with Gasteiger partial charge in [-0.05, 0) is 41.0 Å². The highest BCUT2D eigenvalue weighted by atomic mass is 35.5. The van der Waals surface area contributed by atoms with Crippen molar-refractivity contribution in [2.45, 2.75) is 18.2 Å². The molecule has 0 N–H and O–H groups in total. The van der Waals surface area contributed by atoms with E-state index in [0.717, 1.165) is 16.3 Å². The standard InChI is InChI=1S/C24H22ClN3/c1-27(2)20-14-10-18(11-15-20)24-26-21(16-8-12-19(25)13-9-16)23-22(28(23)24)17-6-4-3-5-7-17/h3-15,22-24H,1-2H3/t22-,23+,24-,28?/m1/s1. The maximum absolute atomic E-state index is 6.10. The zero-order chi connectivity index (χ0) is 19.3. The van der Waals surface area contributed by atoms with Crippen LogP contribution in [0.25, 0.3) is 0 Å². The van der Waals surface area contributed by atoms with Crippen molar-refractivity contribution in [3.05, 3.63) is 101 Å². The first-order valence-corrected chi connectivity index (χ1v) is 9.94. The van der Waals surface area contributed by atoms with Crippen LogP contribution in [0.15, 0.2) is 83.9 Å². The van der Waals surface area contributed by atoms with Gasteiger partial charge in [0.25, 0.3) is 0 Å². The van der Waals surface area contributed by atoms with Gasteiger partial charge in [0.2, 0.25) is 0 Å². The number of anilines is 1. The lowest BCUT2D eigenvalue weighted by molar-refractivity contribution is 0.404. The quantitative estimate of drug-likeness (QED) is 0.563. The number of benzene rings is 3. The molecule has 3 aromatic rings. The largest absolute Gasteiger partial charge is 0.378 e. The third-order valence-corrected chi connectivity index (χ3v) is 5.92. The summed E-state index contributed by atoms with van der Waals surface area (Å²) in [6, 6.07) is 28.2. The van der Waals surface area contributed by atoms with Crippen LogP contribution in [0.3, 0.4) is 0 Å². The number of hydrogen-bond donors (Lipinski definition) is 0. The van der Waals surface area contributed by atoms with Crippen molar-refractivity contribution in [1.82, 2.24) is 4.90 Å². The van der Waals surface area contributed by atoms with Gasteiger partial charge in [-0.2, -0.15) is 0 Å². The van der Waals surface area contributed by atoms with Crippen LogP contribution in [0.4, 0.5) is 5.69 Å². The molecule has 4 atom stereocenters. The Labute approximate surface area is 170 Å². The van der Waals surface area contributed by atoms with Crippen LogP contribution in [0.1, 0.15) is 28.9 Å². The minimum Gasteiger partial charge on any atom is -0.378 e. The molecule has 0 saturated carbocycles. The van der Waals surface area contributed by atoms with Crippen LogP contribution in [-0.4, -0.2) is 30.7 Å². The molecule has 0 radical (unpaired) electrons. The molecule has 3 nitrogen and oxygen atoms in total. The maximum atomic E-state index is 6.10. The normalized spacial score (nSPS) is 25.2. The maximum Gasteiger partial charge on any atom is 0.129 e. The number of nitrogens with zero attached hydrogens (tertiary/aromatic N) is 3. The van der Waals surface area contributed by atoms with E-state index in [2.05, 4.69) is 90.6 Å². The van der Waals surface area contributed by atoms with Crippen molar-refractivity contribution in [2.75, 3.05) is 19.0 Å². The molecule has 1 unspecified atom stereocenters. The molecule has 140 valence electrons. The van der Waals surface area contributed by atoms with Crippen molar-refractivity contribution in [3.63, 3.8) is 0 Å². The van der Waals surface area contributed by atoms with Crippen molar-refractivity contribution in [3.8, 4) is 0 Å². The smallest absolute Gasteiger partial charge is 0.129 e. The number of hydrogen-bond acceptors (Lipinski definition) is 3. The fraction of sp³-hybridized carbons (Fsp3) is 0.208. The number of halogens is 1. The van der Waals surface area contributed by atoms with Crippen molar-refractivity contribution >= 4 is 23.0 Å². The summed E-state index contributed by atoms with van der Waals surface area (Å²) in [5.74, 6) is 0. The second-order valence-electron chi connectivity index (χ2n) is 7.63. The average Bonchev–Trinajstić information content (AvgIpc) is 3.34. The van der Waals surface area contributed by atoms with Crippen LogP contribution in [0.5, 0.6) is 0 Å². The van der Waals surface area contributed by atoms with E-state index in [9.17, 15) is 0 Å². The summed E-state index contributed by atoms with van der Waals surface area (Å²) < 4.78 is 0. The van der Waals surface area contributed by atoms with E-state index in [4.69, 9.17) is 16.6 Å². The Morgan fingerprint density at radius 2 is 1.46 bits per heavy atom. The number of aliphatic imine (C=N–C) groups is 1. The Morgan fingerprint density at radius 3 is 2.11 bits per heavy atom. The third kappa shape index (κ3) is 2.92. The summed E-state index contributed by atoms with van der Waals surface area (Å²) in [6.45, 7) is 0. The molecule has 0 spiro atoms. The minimum absolute atomic E-state index is 0.0529. The Kier molecular flexibility index (Phi) is 4.22. The molecule has 0 aliphatic carbocycles. The Morgan fingerprint density at radius 1 is 0.786 bits per heavy atom. The lowest BCUT2D eigenvalue weighted by atomic mass is 10.0. The van der Waals surface area contributed by atoms with Crippen LogP contribution in [0, 0.1) is 0 Å². The molecule has 0 aromatic heterocycles. The molecule has 1 fully saturated rings. The minimum atomic E-state index is 0.0529. The molecule has 4 heteroatoms. The lowest BCUT2D eigenvalue weighted by Gasteiger charge is -2.17. The van der Waals surface area contributed by atoms with E-state index in [1.807, 2.05) is 12.1 Å². The molecule has 5 rings (SSSR count). The first-order valence-electron chi connectivity index (χ1n) is 9.57. The van der Waals surface area contributed by atoms with Gasteiger partial charge in [-0.15, -0.1) is 0 Å². The van der Waals surface area contributed by atoms with Crippen LogP contribution >= 0.6 is 11.6 Å². The van der Waals surface area contributed by atoms with E-state index >= 15 is 0 Å². The third-order valence-electron chi connectivity index (χ3n) is 5.66. The molecule has 2 aliphatic rings. The molecular weight excluding hydrogens is 366 g/mol. The van der Waals surface area contributed by atoms with Crippen LogP contribution in [-0.2, 0) is 0 Å². The topological polar surface area (TPSA) is 18.6 Å². The Balaban J connectivity index is 1.53. The molecule has 0 amide bonds. The van der Waals surface area contributed by atoms with Crippen molar-refractivity contribution in [2.24, 2.45) is 4.99 Å². The molecule has 2 aliphatic heterocycles. The fourth-order valence-corrected chi connectivity index (χ4v) is 4.31.